The number of oxazole rings is 1. The number of methoxy groups -OCH3 is 1. The molecule has 0 saturated carbocycles. The van der Waals surface area contributed by atoms with Gasteiger partial charge in [0.25, 0.3) is 0 Å². The number of carbonyl (C=O) groups excluding carboxylic acids is 2. The first kappa shape index (κ1) is 21.6. The molecule has 0 radical (unpaired) electrons. The highest BCUT2D eigenvalue weighted by molar-refractivity contribution is 5.95. The van der Waals surface area contributed by atoms with E-state index in [0.29, 0.717) is 13.1 Å². The maximum absolute atomic E-state index is 12.8. The van der Waals surface area contributed by atoms with Crippen molar-refractivity contribution in [3.8, 4) is 5.75 Å². The Morgan fingerprint density at radius 1 is 1.16 bits per heavy atom. The fraction of sp³-hybridized carbons (Fsp3) is 0.320. The summed E-state index contributed by atoms with van der Waals surface area (Å²) in [6.07, 6.45) is 4.72. The van der Waals surface area contributed by atoms with Gasteiger partial charge in [0, 0.05) is 25.1 Å². The molecule has 3 aromatic rings. The summed E-state index contributed by atoms with van der Waals surface area (Å²) in [5, 5.41) is 2.76. The number of aromatic nitrogens is 1. The average molecular weight is 434 g/mol. The number of ether oxygens (including phenoxy) is 1. The van der Waals surface area contributed by atoms with E-state index in [1.165, 1.54) is 6.08 Å². The zero-order chi connectivity index (χ0) is 22.5. The van der Waals surface area contributed by atoms with E-state index in [2.05, 4.69) is 10.3 Å². The Labute approximate surface area is 187 Å². The SMILES string of the molecule is COc1ccc(/C=C/C(=O)NC(C)C(=O)N2CCC(c3nc4ccccc4o3)CC2)cc1. The number of hydrogen-bond acceptors (Lipinski definition) is 5. The molecular weight excluding hydrogens is 406 g/mol. The maximum Gasteiger partial charge on any atom is 0.244 e. The second-order valence-corrected chi connectivity index (χ2v) is 7.96. The monoisotopic (exact) mass is 433 g/mol. The summed E-state index contributed by atoms with van der Waals surface area (Å²) >= 11 is 0. The molecule has 166 valence electrons. The van der Waals surface area contributed by atoms with E-state index in [0.717, 1.165) is 41.1 Å². The number of nitrogens with zero attached hydrogens (tertiary/aromatic N) is 2. The van der Waals surface area contributed by atoms with Gasteiger partial charge in [0.15, 0.2) is 11.5 Å². The van der Waals surface area contributed by atoms with Crippen LogP contribution in [0.1, 0.15) is 37.1 Å². The minimum Gasteiger partial charge on any atom is -0.497 e. The van der Waals surface area contributed by atoms with Gasteiger partial charge in [-0.1, -0.05) is 24.3 Å². The van der Waals surface area contributed by atoms with Gasteiger partial charge >= 0.3 is 0 Å². The molecule has 0 spiro atoms. The molecule has 1 fully saturated rings. The quantitative estimate of drug-likeness (QED) is 0.599. The molecule has 1 aliphatic rings. The molecule has 1 aromatic heterocycles. The number of fused-ring (bicyclic) bond motifs is 1. The number of rotatable bonds is 6. The second-order valence-electron chi connectivity index (χ2n) is 7.96. The third-order valence-electron chi connectivity index (χ3n) is 5.74. The number of carbonyl (C=O) groups is 2. The molecule has 2 aromatic carbocycles. The largest absolute Gasteiger partial charge is 0.497 e. The van der Waals surface area contributed by atoms with E-state index in [4.69, 9.17) is 9.15 Å². The lowest BCUT2D eigenvalue weighted by Gasteiger charge is -2.32. The molecule has 1 atom stereocenters. The Kier molecular flexibility index (Phi) is 6.54. The molecule has 32 heavy (non-hydrogen) atoms. The lowest BCUT2D eigenvalue weighted by Crippen LogP contribution is -2.48. The van der Waals surface area contributed by atoms with Crippen molar-refractivity contribution in [1.29, 1.82) is 0 Å². The second kappa shape index (κ2) is 9.68. The molecule has 0 bridgehead atoms. The number of piperidine rings is 1. The number of likely N-dealkylation sites (tertiary alicyclic amines) is 1. The summed E-state index contributed by atoms with van der Waals surface area (Å²) in [4.78, 5) is 31.4. The molecule has 1 saturated heterocycles. The van der Waals surface area contributed by atoms with Crippen LogP contribution in [0.2, 0.25) is 0 Å². The van der Waals surface area contributed by atoms with E-state index in [-0.39, 0.29) is 17.7 Å². The van der Waals surface area contributed by atoms with Crippen molar-refractivity contribution in [1.82, 2.24) is 15.2 Å². The van der Waals surface area contributed by atoms with Gasteiger partial charge in [0.1, 0.15) is 17.3 Å². The average Bonchev–Trinajstić information content (AvgIpc) is 3.27. The maximum atomic E-state index is 12.8. The highest BCUT2D eigenvalue weighted by Crippen LogP contribution is 2.30. The van der Waals surface area contributed by atoms with Crippen molar-refractivity contribution in [2.45, 2.75) is 31.7 Å². The van der Waals surface area contributed by atoms with Crippen LogP contribution in [0.3, 0.4) is 0 Å². The minimum absolute atomic E-state index is 0.0767. The van der Waals surface area contributed by atoms with Crippen LogP contribution in [0.25, 0.3) is 17.2 Å². The molecule has 1 unspecified atom stereocenters. The van der Waals surface area contributed by atoms with Gasteiger partial charge in [-0.25, -0.2) is 4.98 Å². The number of benzene rings is 2. The third kappa shape index (κ3) is 4.99. The Morgan fingerprint density at radius 3 is 2.56 bits per heavy atom. The van der Waals surface area contributed by atoms with E-state index < -0.39 is 6.04 Å². The highest BCUT2D eigenvalue weighted by Gasteiger charge is 2.29. The van der Waals surface area contributed by atoms with Crippen molar-refractivity contribution >= 4 is 29.0 Å². The Hall–Kier alpha value is -3.61. The minimum atomic E-state index is -0.594. The summed E-state index contributed by atoms with van der Waals surface area (Å²) in [5.41, 5.74) is 2.53. The van der Waals surface area contributed by atoms with Crippen LogP contribution < -0.4 is 10.1 Å². The van der Waals surface area contributed by atoms with Gasteiger partial charge in [0.05, 0.1) is 7.11 Å². The first-order valence-electron chi connectivity index (χ1n) is 10.8. The van der Waals surface area contributed by atoms with E-state index in [9.17, 15) is 9.59 Å². The van der Waals surface area contributed by atoms with Crippen molar-refractivity contribution in [2.75, 3.05) is 20.2 Å². The fourth-order valence-corrected chi connectivity index (χ4v) is 3.90. The Balaban J connectivity index is 1.27. The topological polar surface area (TPSA) is 84.7 Å². The lowest BCUT2D eigenvalue weighted by atomic mass is 9.96. The van der Waals surface area contributed by atoms with Crippen molar-refractivity contribution in [3.63, 3.8) is 0 Å². The Bertz CT molecular complexity index is 1080. The molecule has 7 heteroatoms. The predicted octanol–water partition coefficient (Wildman–Crippen LogP) is 3.76. The van der Waals surface area contributed by atoms with Crippen molar-refractivity contribution in [3.05, 3.63) is 66.1 Å². The molecule has 4 rings (SSSR count). The summed E-state index contributed by atoms with van der Waals surface area (Å²) in [5.74, 6) is 1.31. The van der Waals surface area contributed by atoms with E-state index in [1.54, 1.807) is 25.0 Å². The molecule has 2 heterocycles. The molecule has 1 N–H and O–H groups in total. The number of hydrogen-bond donors (Lipinski definition) is 1. The predicted molar refractivity (Wildman–Crippen MR) is 122 cm³/mol. The zero-order valence-electron chi connectivity index (χ0n) is 18.3. The van der Waals surface area contributed by atoms with Crippen LogP contribution in [0, 0.1) is 0 Å². The van der Waals surface area contributed by atoms with Crippen LogP contribution in [-0.4, -0.2) is 47.9 Å². The van der Waals surface area contributed by atoms with Crippen molar-refractivity contribution < 1.29 is 18.7 Å². The first-order valence-corrected chi connectivity index (χ1v) is 10.8. The van der Waals surface area contributed by atoms with Crippen LogP contribution in [0.5, 0.6) is 5.75 Å². The first-order chi connectivity index (χ1) is 15.5. The van der Waals surface area contributed by atoms with Crippen LogP contribution >= 0.6 is 0 Å². The molecule has 0 aliphatic carbocycles. The smallest absolute Gasteiger partial charge is 0.244 e. The normalized spacial score (nSPS) is 15.8. The summed E-state index contributed by atoms with van der Waals surface area (Å²) in [7, 11) is 1.61. The lowest BCUT2D eigenvalue weighted by molar-refractivity contribution is -0.136. The van der Waals surface area contributed by atoms with Crippen LogP contribution in [0.4, 0.5) is 0 Å². The van der Waals surface area contributed by atoms with Gasteiger partial charge < -0.3 is 19.4 Å². The summed E-state index contributed by atoms with van der Waals surface area (Å²) in [6.45, 7) is 2.95. The number of para-hydroxylation sites is 2. The highest BCUT2D eigenvalue weighted by atomic mass is 16.5. The van der Waals surface area contributed by atoms with Crippen molar-refractivity contribution in [2.24, 2.45) is 0 Å². The van der Waals surface area contributed by atoms with Gasteiger partial charge in [-0.15, -0.1) is 0 Å². The standard InChI is InChI=1S/C25H27N3O4/c1-17(26-23(29)12-9-18-7-10-20(31-2)11-8-18)25(30)28-15-13-19(14-16-28)24-27-21-5-3-4-6-22(21)32-24/h3-12,17,19H,13-16H2,1-2H3,(H,26,29)/b12-9+. The van der Waals surface area contributed by atoms with Gasteiger partial charge in [0.2, 0.25) is 11.8 Å². The third-order valence-corrected chi connectivity index (χ3v) is 5.74. The number of nitrogens with one attached hydrogen (secondary N) is 1. The Morgan fingerprint density at radius 2 is 1.88 bits per heavy atom. The van der Waals surface area contributed by atoms with Crippen LogP contribution in [-0.2, 0) is 9.59 Å². The molecule has 1 aliphatic heterocycles. The molecular formula is C25H27N3O4. The van der Waals surface area contributed by atoms with E-state index in [1.807, 2.05) is 48.5 Å². The van der Waals surface area contributed by atoms with Gasteiger partial charge in [-0.2, -0.15) is 0 Å². The van der Waals surface area contributed by atoms with Gasteiger partial charge in [-0.05, 0) is 55.7 Å². The zero-order valence-corrected chi connectivity index (χ0v) is 18.3. The van der Waals surface area contributed by atoms with Crippen LogP contribution in [0.15, 0.2) is 59.0 Å². The molecule has 7 nitrogen and oxygen atoms in total. The fourth-order valence-electron chi connectivity index (χ4n) is 3.90. The number of amides is 2. The van der Waals surface area contributed by atoms with E-state index >= 15 is 0 Å². The van der Waals surface area contributed by atoms with Gasteiger partial charge in [-0.3, -0.25) is 9.59 Å². The molecule has 2 amide bonds. The summed E-state index contributed by atoms with van der Waals surface area (Å²) < 4.78 is 11.0. The summed E-state index contributed by atoms with van der Waals surface area (Å²) in [6, 6.07) is 14.5.